The second-order valence-electron chi connectivity index (χ2n) is 12.4. The zero-order chi connectivity index (χ0) is 34.7. The molecule has 8 aromatic carbocycles. The van der Waals surface area contributed by atoms with Crippen LogP contribution in [0.4, 0.5) is 0 Å². The predicted octanol–water partition coefficient (Wildman–Crippen LogP) is 15.3. The summed E-state index contributed by atoms with van der Waals surface area (Å²) in [5.74, 6) is 0. The fourth-order valence-corrected chi connectivity index (χ4v) is 8.91. The Morgan fingerprint density at radius 2 is 0.404 bits per heavy atom. The highest BCUT2D eigenvalue weighted by molar-refractivity contribution is 7.26. The largest absolute Gasteiger partial charge is 0.456 e. The van der Waals surface area contributed by atoms with Gasteiger partial charge in [-0.3, -0.25) is 0 Å². The molecule has 0 atom stereocenters. The van der Waals surface area contributed by atoms with Crippen LogP contribution in [0.5, 0.6) is 0 Å². The average Bonchev–Trinajstić information content (AvgIpc) is 3.98. The number of thiophene rings is 2. The van der Waals surface area contributed by atoms with Crippen LogP contribution < -0.4 is 0 Å². The lowest BCUT2D eigenvalue weighted by molar-refractivity contribution is 0.668. The maximum absolute atomic E-state index is 5.65. The van der Waals surface area contributed by atoms with Crippen molar-refractivity contribution in [3.8, 4) is 0 Å². The average molecular weight is 705 g/mol. The first-order valence-electron chi connectivity index (χ1n) is 17.3. The van der Waals surface area contributed by atoms with Crippen molar-refractivity contribution in [1.29, 1.82) is 0 Å². The highest BCUT2D eigenvalue weighted by atomic mass is 32.1. The van der Waals surface area contributed by atoms with Crippen LogP contribution in [-0.2, 0) is 0 Å². The Labute approximate surface area is 308 Å². The monoisotopic (exact) mass is 704 g/mol. The van der Waals surface area contributed by atoms with E-state index in [9.17, 15) is 0 Å². The summed E-state index contributed by atoms with van der Waals surface area (Å²) in [6, 6.07) is 66.7. The SMILES string of the molecule is c1ccc2c(c1)oc1ccccc12.c1ccc2c(c1)oc1ccccc12.c1ccc2c(c1)sc1ccccc12.c1ccc2c(c1)sc1ccccc12. The molecule has 4 heterocycles. The molecule has 52 heavy (non-hydrogen) atoms. The molecule has 0 unspecified atom stereocenters. The molecule has 0 bridgehead atoms. The first-order chi connectivity index (χ1) is 25.8. The minimum atomic E-state index is 0.962. The summed E-state index contributed by atoms with van der Waals surface area (Å²) >= 11 is 3.72. The molecule has 2 nitrogen and oxygen atoms in total. The summed E-state index contributed by atoms with van der Waals surface area (Å²) in [6.45, 7) is 0. The van der Waals surface area contributed by atoms with Crippen LogP contribution in [0, 0.1) is 0 Å². The predicted molar refractivity (Wildman–Crippen MR) is 226 cm³/mol. The van der Waals surface area contributed by atoms with E-state index in [1.54, 1.807) is 0 Å². The summed E-state index contributed by atoms with van der Waals surface area (Å²) in [6.07, 6.45) is 0. The normalized spacial score (nSPS) is 11.1. The van der Waals surface area contributed by atoms with Gasteiger partial charge in [0.05, 0.1) is 0 Å². The van der Waals surface area contributed by atoms with Gasteiger partial charge in [-0.1, -0.05) is 146 Å². The second kappa shape index (κ2) is 14.2. The number of rotatable bonds is 0. The van der Waals surface area contributed by atoms with Crippen LogP contribution in [0.15, 0.2) is 203 Å². The zero-order valence-electron chi connectivity index (χ0n) is 28.1. The Morgan fingerprint density at radius 1 is 0.212 bits per heavy atom. The van der Waals surface area contributed by atoms with Crippen LogP contribution in [0.1, 0.15) is 0 Å². The molecule has 12 rings (SSSR count). The van der Waals surface area contributed by atoms with Crippen LogP contribution in [0.2, 0.25) is 0 Å². The number of furan rings is 2. The van der Waals surface area contributed by atoms with E-state index in [-0.39, 0.29) is 0 Å². The third-order valence-corrected chi connectivity index (χ3v) is 11.4. The number of hydrogen-bond donors (Lipinski definition) is 0. The van der Waals surface area contributed by atoms with Crippen molar-refractivity contribution in [2.75, 3.05) is 0 Å². The summed E-state index contributed by atoms with van der Waals surface area (Å²) in [5, 5.41) is 10.3. The molecule has 0 aliphatic rings. The molecule has 0 amide bonds. The lowest BCUT2D eigenvalue weighted by Gasteiger charge is -1.88. The third-order valence-electron chi connectivity index (χ3n) is 9.14. The van der Waals surface area contributed by atoms with Gasteiger partial charge in [0, 0.05) is 61.9 Å². The molecule has 0 aliphatic heterocycles. The molecule has 12 aromatic rings. The molecule has 0 fully saturated rings. The van der Waals surface area contributed by atoms with E-state index >= 15 is 0 Å². The van der Waals surface area contributed by atoms with E-state index in [0.29, 0.717) is 0 Å². The minimum Gasteiger partial charge on any atom is -0.456 e. The van der Waals surface area contributed by atoms with Gasteiger partial charge in [-0.2, -0.15) is 0 Å². The third kappa shape index (κ3) is 6.20. The molecule has 4 heteroatoms. The molecule has 0 N–H and O–H groups in total. The van der Waals surface area contributed by atoms with Gasteiger partial charge >= 0.3 is 0 Å². The minimum absolute atomic E-state index is 0.962. The molecule has 4 aromatic heterocycles. The van der Waals surface area contributed by atoms with Crippen LogP contribution in [-0.4, -0.2) is 0 Å². The molecule has 0 saturated carbocycles. The molecular weight excluding hydrogens is 673 g/mol. The van der Waals surface area contributed by atoms with Crippen LogP contribution in [0.25, 0.3) is 84.2 Å². The smallest absolute Gasteiger partial charge is 0.135 e. The Morgan fingerprint density at radius 3 is 0.654 bits per heavy atom. The van der Waals surface area contributed by atoms with Crippen molar-refractivity contribution in [3.63, 3.8) is 0 Å². The van der Waals surface area contributed by atoms with Crippen LogP contribution in [0.3, 0.4) is 0 Å². The van der Waals surface area contributed by atoms with Gasteiger partial charge in [-0.15, -0.1) is 22.7 Å². The first kappa shape index (κ1) is 31.8. The molecule has 0 aliphatic carbocycles. The van der Waals surface area contributed by atoms with E-state index in [4.69, 9.17) is 8.83 Å². The first-order valence-corrected chi connectivity index (χ1v) is 18.9. The quantitative estimate of drug-likeness (QED) is 0.157. The second-order valence-corrected chi connectivity index (χ2v) is 14.5. The lowest BCUT2D eigenvalue weighted by atomic mass is 10.2. The van der Waals surface area contributed by atoms with Crippen molar-refractivity contribution in [2.24, 2.45) is 0 Å². The van der Waals surface area contributed by atoms with Gasteiger partial charge in [0.25, 0.3) is 0 Å². The Hall–Kier alpha value is -6.20. The van der Waals surface area contributed by atoms with Crippen molar-refractivity contribution in [1.82, 2.24) is 0 Å². The molecule has 0 radical (unpaired) electrons. The highest BCUT2D eigenvalue weighted by Crippen LogP contribution is 2.34. The van der Waals surface area contributed by atoms with E-state index in [1.807, 2.05) is 95.5 Å². The number of para-hydroxylation sites is 4. The lowest BCUT2D eigenvalue weighted by Crippen LogP contribution is -1.62. The van der Waals surface area contributed by atoms with Crippen LogP contribution >= 0.6 is 22.7 Å². The number of benzene rings is 8. The summed E-state index contributed by atoms with van der Waals surface area (Å²) in [4.78, 5) is 0. The summed E-state index contributed by atoms with van der Waals surface area (Å²) in [5.41, 5.74) is 3.85. The standard InChI is InChI=1S/2C12H8O.2C12H8S/c4*1-3-7-11-9(5-1)10-6-2-4-8-12(10)13-11/h4*1-8H. The van der Waals surface area contributed by atoms with E-state index in [2.05, 4.69) is 121 Å². The fraction of sp³-hybridized carbons (Fsp3) is 0. The molecule has 248 valence electrons. The molecule has 0 saturated heterocycles. The molecule has 0 spiro atoms. The van der Waals surface area contributed by atoms with E-state index in [0.717, 1.165) is 22.3 Å². The maximum atomic E-state index is 5.65. The van der Waals surface area contributed by atoms with Gasteiger partial charge < -0.3 is 8.83 Å². The van der Waals surface area contributed by atoms with Gasteiger partial charge in [-0.05, 0) is 48.5 Å². The van der Waals surface area contributed by atoms with Gasteiger partial charge in [0.2, 0.25) is 0 Å². The summed E-state index contributed by atoms with van der Waals surface area (Å²) in [7, 11) is 0. The van der Waals surface area contributed by atoms with E-state index in [1.165, 1.54) is 61.9 Å². The zero-order valence-corrected chi connectivity index (χ0v) is 29.7. The fourth-order valence-electron chi connectivity index (χ4n) is 6.70. The maximum Gasteiger partial charge on any atom is 0.135 e. The van der Waals surface area contributed by atoms with Gasteiger partial charge in [0.15, 0.2) is 0 Å². The van der Waals surface area contributed by atoms with Gasteiger partial charge in [0.1, 0.15) is 22.3 Å². The molecular formula is C48H32O2S2. The van der Waals surface area contributed by atoms with Crippen molar-refractivity contribution in [3.05, 3.63) is 194 Å². The number of fused-ring (bicyclic) bond motifs is 12. The Kier molecular flexibility index (Phi) is 8.67. The van der Waals surface area contributed by atoms with E-state index < -0.39 is 0 Å². The Bertz CT molecular complexity index is 2480. The Balaban J connectivity index is 0.0000000923. The number of hydrogen-bond acceptors (Lipinski definition) is 4. The van der Waals surface area contributed by atoms with Gasteiger partial charge in [-0.25, -0.2) is 0 Å². The highest BCUT2D eigenvalue weighted by Gasteiger charge is 2.05. The van der Waals surface area contributed by atoms with Crippen molar-refractivity contribution < 1.29 is 8.83 Å². The topological polar surface area (TPSA) is 26.3 Å². The van der Waals surface area contributed by atoms with Crippen molar-refractivity contribution >= 4 is 107 Å². The van der Waals surface area contributed by atoms with Crippen molar-refractivity contribution in [2.45, 2.75) is 0 Å². The summed E-state index contributed by atoms with van der Waals surface area (Å²) < 4.78 is 16.8.